The van der Waals surface area contributed by atoms with Crippen LogP contribution in [0.15, 0.2) is 57.1 Å². The van der Waals surface area contributed by atoms with Crippen LogP contribution in [0.4, 0.5) is 0 Å². The first-order valence-electron chi connectivity index (χ1n) is 15.1. The monoisotopic (exact) mass is 646 g/mol. The second kappa shape index (κ2) is 13.9. The molecule has 226 valence electrons. The molecule has 2 aromatic carbocycles. The SMILES string of the molecule is CCCC1CC(=O)C2=C(C1)N=C(C)C(C#N)C2c1cc(Br)c(OCc2cccc(C(=N)N3CCOCC3)c2)c(OCC)c1. The summed E-state index contributed by atoms with van der Waals surface area (Å²) in [7, 11) is 0. The fourth-order valence-corrected chi connectivity index (χ4v) is 6.96. The highest BCUT2D eigenvalue weighted by Crippen LogP contribution is 2.48. The number of allylic oxidation sites excluding steroid dienone is 2. The van der Waals surface area contributed by atoms with Crippen LogP contribution in [-0.4, -0.2) is 55.1 Å². The summed E-state index contributed by atoms with van der Waals surface area (Å²) in [4.78, 5) is 20.4. The molecule has 3 aliphatic rings. The molecule has 3 atom stereocenters. The first-order chi connectivity index (χ1) is 20.8. The van der Waals surface area contributed by atoms with Crippen molar-refractivity contribution in [3.05, 3.63) is 68.8 Å². The highest BCUT2D eigenvalue weighted by Gasteiger charge is 2.41. The molecule has 3 unspecified atom stereocenters. The maximum Gasteiger partial charge on any atom is 0.175 e. The number of hydrogen-bond acceptors (Lipinski definition) is 7. The number of nitriles is 1. The highest BCUT2D eigenvalue weighted by molar-refractivity contribution is 9.10. The van der Waals surface area contributed by atoms with E-state index in [0.717, 1.165) is 47.4 Å². The van der Waals surface area contributed by atoms with Crippen molar-refractivity contribution in [2.75, 3.05) is 32.9 Å². The number of aliphatic imine (C=N–C) groups is 1. The van der Waals surface area contributed by atoms with Gasteiger partial charge in [0.05, 0.1) is 36.3 Å². The van der Waals surface area contributed by atoms with Gasteiger partial charge in [-0.15, -0.1) is 0 Å². The van der Waals surface area contributed by atoms with E-state index in [0.29, 0.717) is 72.6 Å². The van der Waals surface area contributed by atoms with Gasteiger partial charge in [-0.3, -0.25) is 15.2 Å². The van der Waals surface area contributed by atoms with Gasteiger partial charge in [0.2, 0.25) is 0 Å². The minimum atomic E-state index is -0.539. The number of ether oxygens (including phenoxy) is 3. The van der Waals surface area contributed by atoms with E-state index >= 15 is 0 Å². The van der Waals surface area contributed by atoms with E-state index in [1.165, 1.54) is 0 Å². The summed E-state index contributed by atoms with van der Waals surface area (Å²) in [6.07, 6.45) is 3.29. The molecule has 5 rings (SSSR count). The van der Waals surface area contributed by atoms with E-state index in [1.54, 1.807) is 0 Å². The summed E-state index contributed by atoms with van der Waals surface area (Å²) in [6, 6.07) is 14.1. The second-order valence-electron chi connectivity index (χ2n) is 11.4. The quantitative estimate of drug-likeness (QED) is 0.237. The van der Waals surface area contributed by atoms with Crippen molar-refractivity contribution in [1.29, 1.82) is 10.7 Å². The Hall–Kier alpha value is -3.48. The number of Topliss-reactive ketones (excluding diaryl/α,β-unsaturated/α-hetero) is 1. The van der Waals surface area contributed by atoms with Crippen LogP contribution in [0.2, 0.25) is 0 Å². The van der Waals surface area contributed by atoms with Crippen LogP contribution in [0.3, 0.4) is 0 Å². The highest BCUT2D eigenvalue weighted by atomic mass is 79.9. The van der Waals surface area contributed by atoms with Crippen LogP contribution in [0.1, 0.15) is 69.1 Å². The van der Waals surface area contributed by atoms with Crippen molar-refractivity contribution in [3.63, 3.8) is 0 Å². The first-order valence-corrected chi connectivity index (χ1v) is 15.9. The number of morpholine rings is 1. The topological polar surface area (TPSA) is 108 Å². The van der Waals surface area contributed by atoms with E-state index in [9.17, 15) is 10.1 Å². The number of halogens is 1. The van der Waals surface area contributed by atoms with Gasteiger partial charge in [-0.2, -0.15) is 5.26 Å². The number of benzene rings is 2. The molecule has 0 aromatic heterocycles. The van der Waals surface area contributed by atoms with Gasteiger partial charge in [0, 0.05) is 48.0 Å². The molecule has 0 radical (unpaired) electrons. The van der Waals surface area contributed by atoms with Crippen molar-refractivity contribution >= 4 is 33.3 Å². The van der Waals surface area contributed by atoms with Crippen molar-refractivity contribution in [2.45, 2.75) is 59.0 Å². The standard InChI is InChI=1S/C34H39BrN4O4/c1-4-7-22-15-28-32(29(40)16-22)31(26(19-36)21(3)38-28)25-17-27(35)33(30(18-25)42-5-2)43-20-23-8-6-9-24(14-23)34(37)39-10-12-41-13-11-39/h6,8-9,14,17-18,22,26,31,37H,4-5,7,10-13,15-16,20H2,1-3H3. The van der Waals surface area contributed by atoms with Crippen LogP contribution in [-0.2, 0) is 16.1 Å². The van der Waals surface area contributed by atoms with E-state index in [-0.39, 0.29) is 12.4 Å². The van der Waals surface area contributed by atoms with Gasteiger partial charge >= 0.3 is 0 Å². The molecule has 9 heteroatoms. The third-order valence-corrected chi connectivity index (χ3v) is 9.00. The fourth-order valence-electron chi connectivity index (χ4n) is 6.38. The van der Waals surface area contributed by atoms with Gasteiger partial charge in [0.1, 0.15) is 12.4 Å². The van der Waals surface area contributed by atoms with Gasteiger partial charge in [0.15, 0.2) is 17.3 Å². The zero-order valence-corrected chi connectivity index (χ0v) is 26.7. The normalized spacial score (nSPS) is 22.0. The molecular weight excluding hydrogens is 608 g/mol. The lowest BCUT2D eigenvalue weighted by molar-refractivity contribution is -0.117. The average molecular weight is 648 g/mol. The summed E-state index contributed by atoms with van der Waals surface area (Å²) in [6.45, 7) is 9.33. The molecule has 0 spiro atoms. The zero-order chi connectivity index (χ0) is 30.5. The Morgan fingerprint density at radius 3 is 2.70 bits per heavy atom. The molecule has 43 heavy (non-hydrogen) atoms. The molecule has 1 saturated heterocycles. The number of ketones is 1. The second-order valence-corrected chi connectivity index (χ2v) is 12.2. The minimum Gasteiger partial charge on any atom is -0.490 e. The Balaban J connectivity index is 1.43. The molecule has 8 nitrogen and oxygen atoms in total. The van der Waals surface area contributed by atoms with E-state index in [4.69, 9.17) is 24.6 Å². The Morgan fingerprint density at radius 2 is 1.98 bits per heavy atom. The lowest BCUT2D eigenvalue weighted by Crippen LogP contribution is -2.40. The van der Waals surface area contributed by atoms with E-state index < -0.39 is 11.8 Å². The Bertz CT molecular complexity index is 1490. The fraction of sp³-hybridized carbons (Fsp3) is 0.471. The summed E-state index contributed by atoms with van der Waals surface area (Å²) in [5.41, 5.74) is 4.85. The van der Waals surface area contributed by atoms with Crippen LogP contribution in [0.5, 0.6) is 11.5 Å². The minimum absolute atomic E-state index is 0.0955. The van der Waals surface area contributed by atoms with Gasteiger partial charge < -0.3 is 19.1 Å². The molecule has 1 aliphatic carbocycles. The third-order valence-electron chi connectivity index (χ3n) is 8.41. The van der Waals surface area contributed by atoms with Gasteiger partial charge in [-0.1, -0.05) is 31.5 Å². The maximum absolute atomic E-state index is 13.5. The van der Waals surface area contributed by atoms with Crippen molar-refractivity contribution in [1.82, 2.24) is 4.90 Å². The van der Waals surface area contributed by atoms with Crippen LogP contribution < -0.4 is 9.47 Å². The lowest BCUT2D eigenvalue weighted by atomic mass is 9.70. The molecule has 2 heterocycles. The number of carbonyl (C=O) groups is 1. The number of nitrogens with one attached hydrogen (secondary N) is 1. The zero-order valence-electron chi connectivity index (χ0n) is 25.1. The van der Waals surface area contributed by atoms with Gasteiger partial charge in [0.25, 0.3) is 0 Å². The van der Waals surface area contributed by atoms with Crippen molar-refractivity contribution in [2.24, 2.45) is 16.8 Å². The molecule has 0 bridgehead atoms. The number of hydrogen-bond donors (Lipinski definition) is 1. The molecule has 2 aromatic rings. The van der Waals surface area contributed by atoms with E-state index in [2.05, 4.69) is 28.9 Å². The van der Waals surface area contributed by atoms with Crippen molar-refractivity contribution < 1.29 is 19.0 Å². The number of carbonyl (C=O) groups excluding carboxylic acids is 1. The van der Waals surface area contributed by atoms with Gasteiger partial charge in [-0.05, 0) is 77.9 Å². The molecule has 2 aliphatic heterocycles. The predicted molar refractivity (Wildman–Crippen MR) is 170 cm³/mol. The Kier molecular flexibility index (Phi) is 9.99. The molecular formula is C34H39BrN4O4. The maximum atomic E-state index is 13.5. The van der Waals surface area contributed by atoms with Crippen LogP contribution in [0, 0.1) is 28.6 Å². The number of rotatable bonds is 9. The van der Waals surface area contributed by atoms with Crippen molar-refractivity contribution in [3.8, 4) is 17.6 Å². The number of amidine groups is 1. The summed E-state index contributed by atoms with van der Waals surface area (Å²) >= 11 is 3.72. The summed E-state index contributed by atoms with van der Waals surface area (Å²) < 4.78 is 18.5. The third kappa shape index (κ3) is 6.71. The van der Waals surface area contributed by atoms with Crippen LogP contribution in [0.25, 0.3) is 0 Å². The predicted octanol–water partition coefficient (Wildman–Crippen LogP) is 6.82. The first kappa shape index (κ1) is 31.0. The molecule has 1 fully saturated rings. The molecule has 0 amide bonds. The number of nitrogens with zero attached hydrogens (tertiary/aromatic N) is 3. The van der Waals surface area contributed by atoms with E-state index in [1.807, 2.05) is 55.1 Å². The smallest absolute Gasteiger partial charge is 0.175 e. The Morgan fingerprint density at radius 1 is 1.19 bits per heavy atom. The van der Waals surface area contributed by atoms with Gasteiger partial charge in [-0.25, -0.2) is 0 Å². The summed E-state index contributed by atoms with van der Waals surface area (Å²) in [5, 5.41) is 18.9. The summed E-state index contributed by atoms with van der Waals surface area (Å²) in [5.74, 6) is 1.03. The van der Waals surface area contributed by atoms with Crippen LogP contribution >= 0.6 is 15.9 Å². The molecule has 0 saturated carbocycles. The average Bonchev–Trinajstić information content (AvgIpc) is 3.00. The Labute approximate surface area is 262 Å². The lowest BCUT2D eigenvalue weighted by Gasteiger charge is -2.35. The molecule has 1 N–H and O–H groups in total. The largest absolute Gasteiger partial charge is 0.490 e.